The summed E-state index contributed by atoms with van der Waals surface area (Å²) in [5, 5.41) is 0.970. The lowest BCUT2D eigenvalue weighted by molar-refractivity contribution is 0.508. The summed E-state index contributed by atoms with van der Waals surface area (Å²) in [5.41, 5.74) is 0. The third kappa shape index (κ3) is 2.60. The first-order chi connectivity index (χ1) is 5.59. The van der Waals surface area contributed by atoms with Crippen molar-refractivity contribution in [2.24, 2.45) is 5.92 Å². The Morgan fingerprint density at radius 2 is 2.25 bits per heavy atom. The molecule has 0 radical (unpaired) electrons. The van der Waals surface area contributed by atoms with E-state index in [0.29, 0.717) is 5.92 Å². The molecule has 3 nitrogen and oxygen atoms in total. The fraction of sp³-hybridized carbons (Fsp3) is 0.750. The Morgan fingerprint density at radius 3 is 2.58 bits per heavy atom. The van der Waals surface area contributed by atoms with E-state index < -0.39 is 10.0 Å². The summed E-state index contributed by atoms with van der Waals surface area (Å²) in [6, 6.07) is 0.119. The van der Waals surface area contributed by atoms with Gasteiger partial charge in [0.25, 0.3) is 0 Å². The van der Waals surface area contributed by atoms with Crippen LogP contribution in [0.3, 0.4) is 0 Å². The highest BCUT2D eigenvalue weighted by atomic mass is 32.2. The van der Waals surface area contributed by atoms with Crippen LogP contribution in [-0.2, 0) is 10.0 Å². The molecule has 4 heteroatoms. The first-order valence-corrected chi connectivity index (χ1v) is 5.78. The van der Waals surface area contributed by atoms with Crippen molar-refractivity contribution in [3.63, 3.8) is 0 Å². The Morgan fingerprint density at radius 1 is 1.67 bits per heavy atom. The van der Waals surface area contributed by atoms with Gasteiger partial charge in [-0.3, -0.25) is 0 Å². The summed E-state index contributed by atoms with van der Waals surface area (Å²) in [5.74, 6) is 0.560. The van der Waals surface area contributed by atoms with Gasteiger partial charge in [0, 0.05) is 11.4 Å². The summed E-state index contributed by atoms with van der Waals surface area (Å²) < 4.78 is 24.8. The molecule has 0 aromatic rings. The van der Waals surface area contributed by atoms with Gasteiger partial charge in [-0.2, -0.15) is 0 Å². The Labute approximate surface area is 73.9 Å². The van der Waals surface area contributed by atoms with Crippen LogP contribution in [0.25, 0.3) is 0 Å². The Balaban J connectivity index is 2.52. The molecule has 1 atom stereocenters. The molecule has 1 N–H and O–H groups in total. The summed E-state index contributed by atoms with van der Waals surface area (Å²) in [7, 11) is -3.22. The zero-order valence-corrected chi connectivity index (χ0v) is 8.10. The summed E-state index contributed by atoms with van der Waals surface area (Å²) in [6.07, 6.45) is 3.16. The first-order valence-electron chi connectivity index (χ1n) is 4.24. The maximum absolute atomic E-state index is 11.1. The molecule has 1 aliphatic rings. The van der Waals surface area contributed by atoms with Gasteiger partial charge in [0.05, 0.1) is 0 Å². The fourth-order valence-corrected chi connectivity index (χ4v) is 2.15. The predicted molar refractivity (Wildman–Crippen MR) is 49.1 cm³/mol. The Bertz CT molecular complexity index is 254. The molecular weight excluding hydrogens is 174 g/mol. The second-order valence-electron chi connectivity index (χ2n) is 3.18. The molecule has 0 aromatic heterocycles. The average Bonchev–Trinajstić information content (AvgIpc) is 2.83. The molecule has 0 saturated heterocycles. The van der Waals surface area contributed by atoms with E-state index in [0.717, 1.165) is 24.7 Å². The van der Waals surface area contributed by atoms with Gasteiger partial charge in [0.15, 0.2) is 0 Å². The van der Waals surface area contributed by atoms with Crippen molar-refractivity contribution in [2.45, 2.75) is 32.2 Å². The van der Waals surface area contributed by atoms with E-state index in [2.05, 4.69) is 11.3 Å². The predicted octanol–water partition coefficient (Wildman–Crippen LogP) is 1.24. The zero-order valence-electron chi connectivity index (χ0n) is 7.29. The largest absolute Gasteiger partial charge is 0.233 e. The lowest BCUT2D eigenvalue weighted by Crippen LogP contribution is -2.34. The first kappa shape index (κ1) is 9.74. The summed E-state index contributed by atoms with van der Waals surface area (Å²) >= 11 is 0. The lowest BCUT2D eigenvalue weighted by atomic mass is 10.1. The average molecular weight is 189 g/mol. The highest BCUT2D eigenvalue weighted by Gasteiger charge is 2.31. The van der Waals surface area contributed by atoms with Gasteiger partial charge in [-0.25, -0.2) is 13.1 Å². The molecule has 0 heterocycles. The highest BCUT2D eigenvalue weighted by Crippen LogP contribution is 2.34. The van der Waals surface area contributed by atoms with Crippen LogP contribution in [0.5, 0.6) is 0 Å². The van der Waals surface area contributed by atoms with E-state index in [9.17, 15) is 8.42 Å². The maximum atomic E-state index is 11.1. The van der Waals surface area contributed by atoms with Crippen LogP contribution in [0.15, 0.2) is 12.0 Å². The van der Waals surface area contributed by atoms with Gasteiger partial charge < -0.3 is 0 Å². The van der Waals surface area contributed by atoms with Gasteiger partial charge in [-0.15, -0.1) is 0 Å². The summed E-state index contributed by atoms with van der Waals surface area (Å²) in [4.78, 5) is 0. The lowest BCUT2D eigenvalue weighted by Gasteiger charge is -2.13. The van der Waals surface area contributed by atoms with E-state index in [4.69, 9.17) is 0 Å². The Kier molecular flexibility index (Phi) is 2.90. The second-order valence-corrected chi connectivity index (χ2v) is 4.84. The third-order valence-corrected chi connectivity index (χ3v) is 3.24. The van der Waals surface area contributed by atoms with Crippen molar-refractivity contribution in [1.29, 1.82) is 0 Å². The van der Waals surface area contributed by atoms with E-state index in [1.807, 2.05) is 6.92 Å². The zero-order chi connectivity index (χ0) is 9.19. The standard InChI is InChI=1S/C8H15NO2S/c1-3-8(7-5-6-7)9-12(10,11)4-2/h4,7-9H,2-3,5-6H2,1H3. The molecule has 0 aliphatic heterocycles. The molecule has 12 heavy (non-hydrogen) atoms. The molecule has 0 amide bonds. The van der Waals surface area contributed by atoms with Gasteiger partial charge in [0.1, 0.15) is 0 Å². The molecule has 1 unspecified atom stereocenters. The molecule has 0 bridgehead atoms. The number of nitrogens with one attached hydrogen (secondary N) is 1. The fourth-order valence-electron chi connectivity index (χ4n) is 1.27. The van der Waals surface area contributed by atoms with Crippen molar-refractivity contribution in [2.75, 3.05) is 0 Å². The molecule has 0 aromatic carbocycles. The van der Waals surface area contributed by atoms with Gasteiger partial charge >= 0.3 is 0 Å². The number of sulfonamides is 1. The van der Waals surface area contributed by atoms with E-state index in [-0.39, 0.29) is 6.04 Å². The quantitative estimate of drug-likeness (QED) is 0.707. The van der Waals surface area contributed by atoms with Crippen LogP contribution in [-0.4, -0.2) is 14.5 Å². The van der Waals surface area contributed by atoms with Crippen LogP contribution in [0.4, 0.5) is 0 Å². The minimum absolute atomic E-state index is 0.119. The van der Waals surface area contributed by atoms with Crippen LogP contribution < -0.4 is 4.72 Å². The van der Waals surface area contributed by atoms with Crippen LogP contribution >= 0.6 is 0 Å². The molecule has 1 saturated carbocycles. The van der Waals surface area contributed by atoms with Gasteiger partial charge in [-0.1, -0.05) is 13.5 Å². The molecular formula is C8H15NO2S. The van der Waals surface area contributed by atoms with E-state index in [1.54, 1.807) is 0 Å². The minimum atomic E-state index is -3.22. The second kappa shape index (κ2) is 3.58. The maximum Gasteiger partial charge on any atom is 0.233 e. The van der Waals surface area contributed by atoms with Gasteiger partial charge in [0.2, 0.25) is 10.0 Å². The van der Waals surface area contributed by atoms with Crippen molar-refractivity contribution in [3.8, 4) is 0 Å². The number of hydrogen-bond donors (Lipinski definition) is 1. The molecule has 1 aliphatic carbocycles. The van der Waals surface area contributed by atoms with Crippen molar-refractivity contribution in [1.82, 2.24) is 4.72 Å². The van der Waals surface area contributed by atoms with Crippen molar-refractivity contribution in [3.05, 3.63) is 12.0 Å². The summed E-state index contributed by atoms with van der Waals surface area (Å²) in [6.45, 7) is 5.24. The monoisotopic (exact) mass is 189 g/mol. The van der Waals surface area contributed by atoms with Crippen molar-refractivity contribution >= 4 is 10.0 Å². The van der Waals surface area contributed by atoms with Crippen LogP contribution in [0.1, 0.15) is 26.2 Å². The normalized spacial score (nSPS) is 20.4. The van der Waals surface area contributed by atoms with Crippen LogP contribution in [0.2, 0.25) is 0 Å². The molecule has 0 spiro atoms. The van der Waals surface area contributed by atoms with Gasteiger partial charge in [-0.05, 0) is 25.2 Å². The Hall–Kier alpha value is -0.350. The number of rotatable bonds is 5. The van der Waals surface area contributed by atoms with E-state index in [1.165, 1.54) is 0 Å². The van der Waals surface area contributed by atoms with Crippen molar-refractivity contribution < 1.29 is 8.42 Å². The SMILES string of the molecule is C=CS(=O)(=O)NC(CC)C1CC1. The topological polar surface area (TPSA) is 46.2 Å². The minimum Gasteiger partial charge on any atom is -0.208 e. The molecule has 1 rings (SSSR count). The van der Waals surface area contributed by atoms with E-state index >= 15 is 0 Å². The molecule has 70 valence electrons. The number of hydrogen-bond acceptors (Lipinski definition) is 2. The highest BCUT2D eigenvalue weighted by molar-refractivity contribution is 7.92. The third-order valence-electron chi connectivity index (χ3n) is 2.17. The molecule has 1 fully saturated rings. The van der Waals surface area contributed by atoms with Crippen LogP contribution in [0, 0.1) is 5.92 Å². The smallest absolute Gasteiger partial charge is 0.208 e.